The van der Waals surface area contributed by atoms with Crippen LogP contribution in [0.2, 0.25) is 0 Å². The van der Waals surface area contributed by atoms with Crippen LogP contribution in [-0.2, 0) is 4.79 Å². The van der Waals surface area contributed by atoms with Gasteiger partial charge in [-0.05, 0) is 38.8 Å². The third-order valence-corrected chi connectivity index (χ3v) is 6.12. The Hall–Kier alpha value is -4.06. The first kappa shape index (κ1) is 24.1. The van der Waals surface area contributed by atoms with E-state index in [1.165, 1.54) is 30.7 Å². The molecule has 0 aliphatic heterocycles. The lowest BCUT2D eigenvalue weighted by Gasteiger charge is -2.16. The van der Waals surface area contributed by atoms with Crippen molar-refractivity contribution in [3.05, 3.63) is 41.0 Å². The molecule has 35 heavy (non-hydrogen) atoms. The van der Waals surface area contributed by atoms with Crippen LogP contribution in [0.1, 0.15) is 46.8 Å². The molecule has 1 aromatic carbocycles. The maximum atomic E-state index is 12.3. The second kappa shape index (κ2) is 10.1. The average molecular weight is 496 g/mol. The smallest absolute Gasteiger partial charge is 0.271 e. The zero-order chi connectivity index (χ0) is 25.1. The molecule has 1 saturated carbocycles. The lowest BCUT2D eigenvalue weighted by Crippen LogP contribution is -2.29. The summed E-state index contributed by atoms with van der Waals surface area (Å²) in [6.45, 7) is 3.77. The topological polar surface area (TPSA) is 161 Å². The minimum Gasteiger partial charge on any atom is -0.494 e. The van der Waals surface area contributed by atoms with Crippen molar-refractivity contribution in [1.29, 1.82) is 0 Å². The SMILES string of the molecule is COc1c(Nc2cc(NC(=O)C3CC3)nnc2C(N)=O)cccc1-c1ncc(C(=O)NC(C)C)s1. The first-order valence-corrected chi connectivity index (χ1v) is 11.8. The number of amides is 3. The molecule has 4 rings (SSSR count). The third-order valence-electron chi connectivity index (χ3n) is 5.09. The normalized spacial score (nSPS) is 12.8. The molecule has 2 heterocycles. The summed E-state index contributed by atoms with van der Waals surface area (Å²) in [5.74, 6) is -0.509. The van der Waals surface area contributed by atoms with Gasteiger partial charge in [0, 0.05) is 18.0 Å². The van der Waals surface area contributed by atoms with E-state index in [9.17, 15) is 14.4 Å². The molecule has 1 aliphatic rings. The van der Waals surface area contributed by atoms with Crippen molar-refractivity contribution < 1.29 is 19.1 Å². The van der Waals surface area contributed by atoms with Crippen LogP contribution in [0.3, 0.4) is 0 Å². The maximum Gasteiger partial charge on any atom is 0.271 e. The van der Waals surface area contributed by atoms with E-state index >= 15 is 0 Å². The van der Waals surface area contributed by atoms with Crippen molar-refractivity contribution in [3.63, 3.8) is 0 Å². The number of nitrogens with two attached hydrogens (primary N) is 1. The Kier molecular flexibility index (Phi) is 6.92. The zero-order valence-corrected chi connectivity index (χ0v) is 20.2. The second-order valence-electron chi connectivity index (χ2n) is 8.29. The molecule has 0 unspecified atom stereocenters. The summed E-state index contributed by atoms with van der Waals surface area (Å²) in [6, 6.07) is 6.84. The molecule has 1 aliphatic carbocycles. The van der Waals surface area contributed by atoms with E-state index in [1.54, 1.807) is 12.1 Å². The van der Waals surface area contributed by atoms with E-state index in [0.717, 1.165) is 12.8 Å². The Morgan fingerprint density at radius 1 is 1.17 bits per heavy atom. The van der Waals surface area contributed by atoms with E-state index in [0.29, 0.717) is 26.9 Å². The van der Waals surface area contributed by atoms with Crippen LogP contribution in [0.15, 0.2) is 30.5 Å². The molecule has 1 fully saturated rings. The number of ether oxygens (including phenoxy) is 1. The van der Waals surface area contributed by atoms with Gasteiger partial charge in [0.25, 0.3) is 11.8 Å². The lowest BCUT2D eigenvalue weighted by atomic mass is 10.1. The summed E-state index contributed by atoms with van der Waals surface area (Å²) < 4.78 is 5.65. The maximum absolute atomic E-state index is 12.3. The molecule has 5 N–H and O–H groups in total. The largest absolute Gasteiger partial charge is 0.494 e. The van der Waals surface area contributed by atoms with Crippen LogP contribution in [0.25, 0.3) is 10.6 Å². The highest BCUT2D eigenvalue weighted by atomic mass is 32.1. The molecule has 3 aromatic rings. The number of anilines is 3. The number of thiazole rings is 1. The summed E-state index contributed by atoms with van der Waals surface area (Å²) >= 11 is 1.23. The number of benzene rings is 1. The van der Waals surface area contributed by atoms with Crippen LogP contribution in [-0.4, -0.2) is 46.1 Å². The number of hydrogen-bond donors (Lipinski definition) is 4. The number of nitrogens with one attached hydrogen (secondary N) is 3. The molecule has 2 aromatic heterocycles. The molecule has 11 nitrogen and oxygen atoms in total. The van der Waals surface area contributed by atoms with Gasteiger partial charge < -0.3 is 26.4 Å². The van der Waals surface area contributed by atoms with Gasteiger partial charge in [-0.2, -0.15) is 0 Å². The van der Waals surface area contributed by atoms with Gasteiger partial charge in [-0.15, -0.1) is 21.5 Å². The molecule has 0 spiro atoms. The lowest BCUT2D eigenvalue weighted by molar-refractivity contribution is -0.117. The molecule has 0 radical (unpaired) electrons. The summed E-state index contributed by atoms with van der Waals surface area (Å²) in [5.41, 5.74) is 6.80. The molecule has 182 valence electrons. The Morgan fingerprint density at radius 3 is 2.60 bits per heavy atom. The minimum absolute atomic E-state index is 0.00230. The summed E-state index contributed by atoms with van der Waals surface area (Å²) in [4.78, 5) is 41.3. The first-order chi connectivity index (χ1) is 16.8. The van der Waals surface area contributed by atoms with Gasteiger partial charge in [-0.1, -0.05) is 6.07 Å². The predicted octanol–water partition coefficient (Wildman–Crippen LogP) is 2.94. The molecule has 3 amide bonds. The van der Waals surface area contributed by atoms with Crippen molar-refractivity contribution >= 4 is 46.3 Å². The fraction of sp³-hybridized carbons (Fsp3) is 0.304. The van der Waals surface area contributed by atoms with E-state index in [1.807, 2.05) is 19.9 Å². The van der Waals surface area contributed by atoms with Crippen molar-refractivity contribution in [1.82, 2.24) is 20.5 Å². The molecular formula is C23H25N7O4S. The minimum atomic E-state index is -0.782. The number of aromatic nitrogens is 3. The van der Waals surface area contributed by atoms with Crippen LogP contribution in [0.5, 0.6) is 5.75 Å². The van der Waals surface area contributed by atoms with E-state index < -0.39 is 5.91 Å². The highest BCUT2D eigenvalue weighted by Crippen LogP contribution is 2.40. The Bertz CT molecular complexity index is 1290. The number of carbonyl (C=O) groups excluding carboxylic acids is 3. The fourth-order valence-corrected chi connectivity index (χ4v) is 4.15. The Morgan fingerprint density at radius 2 is 1.94 bits per heavy atom. The van der Waals surface area contributed by atoms with Gasteiger partial charge in [0.15, 0.2) is 17.3 Å². The number of methoxy groups -OCH3 is 1. The van der Waals surface area contributed by atoms with Crippen molar-refractivity contribution in [3.8, 4) is 16.3 Å². The van der Waals surface area contributed by atoms with Crippen LogP contribution in [0, 0.1) is 5.92 Å². The highest BCUT2D eigenvalue weighted by Gasteiger charge is 2.30. The quantitative estimate of drug-likeness (QED) is 0.352. The second-order valence-corrected chi connectivity index (χ2v) is 9.32. The average Bonchev–Trinajstić information content (AvgIpc) is 3.55. The van der Waals surface area contributed by atoms with Gasteiger partial charge in [0.2, 0.25) is 5.91 Å². The van der Waals surface area contributed by atoms with Gasteiger partial charge in [-0.25, -0.2) is 4.98 Å². The van der Waals surface area contributed by atoms with Gasteiger partial charge in [0.1, 0.15) is 9.88 Å². The monoisotopic (exact) mass is 495 g/mol. The van der Waals surface area contributed by atoms with Gasteiger partial charge in [-0.3, -0.25) is 14.4 Å². The highest BCUT2D eigenvalue weighted by molar-refractivity contribution is 7.17. The molecule has 0 saturated heterocycles. The van der Waals surface area contributed by atoms with Crippen molar-refractivity contribution in [2.24, 2.45) is 11.7 Å². The van der Waals surface area contributed by atoms with Crippen LogP contribution < -0.4 is 26.4 Å². The van der Waals surface area contributed by atoms with E-state index in [2.05, 4.69) is 31.1 Å². The number of para-hydroxylation sites is 1. The van der Waals surface area contributed by atoms with Gasteiger partial charge in [0.05, 0.1) is 30.2 Å². The predicted molar refractivity (Wildman–Crippen MR) is 132 cm³/mol. The third kappa shape index (κ3) is 5.54. The number of carbonyl (C=O) groups is 3. The van der Waals surface area contributed by atoms with Crippen molar-refractivity contribution in [2.45, 2.75) is 32.7 Å². The Labute approximate surface area is 205 Å². The molecule has 0 bridgehead atoms. The Balaban J connectivity index is 1.66. The van der Waals surface area contributed by atoms with Crippen molar-refractivity contribution in [2.75, 3.05) is 17.7 Å². The fourth-order valence-electron chi connectivity index (χ4n) is 3.31. The first-order valence-electron chi connectivity index (χ1n) is 11.0. The zero-order valence-electron chi connectivity index (χ0n) is 19.4. The number of rotatable bonds is 9. The van der Waals surface area contributed by atoms with Crippen LogP contribution in [0.4, 0.5) is 17.2 Å². The molecule has 0 atom stereocenters. The van der Waals surface area contributed by atoms with E-state index in [4.69, 9.17) is 10.5 Å². The van der Waals surface area contributed by atoms with E-state index in [-0.39, 0.29) is 41.0 Å². The number of hydrogen-bond acceptors (Lipinski definition) is 9. The standard InChI is InChI=1S/C23H25N7O4S/c1-11(2)26-22(33)16-10-25-23(35-16)13-5-4-6-14(19(13)34-3)27-15-9-17(28-21(32)12-7-8-12)29-30-18(15)20(24)31/h4-6,9-12H,7-8H2,1-3H3,(H2,24,31)(H,26,33)(H2,27,28,29,32). The summed E-state index contributed by atoms with van der Waals surface area (Å²) in [5, 5.41) is 17.0. The summed E-state index contributed by atoms with van der Waals surface area (Å²) in [7, 11) is 1.51. The van der Waals surface area contributed by atoms with Gasteiger partial charge >= 0.3 is 0 Å². The van der Waals surface area contributed by atoms with Crippen LogP contribution >= 0.6 is 11.3 Å². The molecule has 12 heteroatoms. The number of nitrogens with zero attached hydrogens (tertiary/aromatic N) is 3. The summed E-state index contributed by atoms with van der Waals surface area (Å²) in [6.07, 6.45) is 3.20. The molecular weight excluding hydrogens is 470 g/mol. The number of primary amides is 1.